The Balaban J connectivity index is 1.53. The van der Waals surface area contributed by atoms with Crippen molar-refractivity contribution in [1.82, 2.24) is 19.7 Å². The average molecular weight is 327 g/mol. The zero-order valence-electron chi connectivity index (χ0n) is 13.6. The molecular weight excluding hydrogens is 310 g/mol. The monoisotopic (exact) mass is 327 g/mol. The normalized spacial score (nSPS) is 10.6. The van der Waals surface area contributed by atoms with Crippen molar-refractivity contribution in [2.24, 2.45) is 0 Å². The molecule has 122 valence electrons. The van der Waals surface area contributed by atoms with E-state index in [2.05, 4.69) is 44.8 Å². The summed E-state index contributed by atoms with van der Waals surface area (Å²) in [6.45, 7) is 0.671. The van der Waals surface area contributed by atoms with Gasteiger partial charge in [-0.25, -0.2) is 0 Å². The minimum atomic E-state index is 0.671. The number of rotatable bonds is 5. The Bertz CT molecular complexity index is 948. The summed E-state index contributed by atoms with van der Waals surface area (Å²) in [6.07, 6.45) is 5.33. The van der Waals surface area contributed by atoms with Crippen molar-refractivity contribution in [3.05, 3.63) is 91.0 Å². The van der Waals surface area contributed by atoms with E-state index in [4.69, 9.17) is 0 Å². The van der Waals surface area contributed by atoms with Gasteiger partial charge >= 0.3 is 0 Å². The predicted molar refractivity (Wildman–Crippen MR) is 98.4 cm³/mol. The van der Waals surface area contributed by atoms with E-state index in [-0.39, 0.29) is 0 Å². The van der Waals surface area contributed by atoms with Crippen molar-refractivity contribution in [1.29, 1.82) is 0 Å². The average Bonchev–Trinajstić information content (AvgIpc) is 3.17. The summed E-state index contributed by atoms with van der Waals surface area (Å²) in [6, 6.07) is 22.5. The lowest BCUT2D eigenvalue weighted by Crippen LogP contribution is -2.06. The molecule has 0 saturated carbocycles. The van der Waals surface area contributed by atoms with E-state index in [0.717, 1.165) is 17.2 Å². The molecule has 0 radical (unpaired) electrons. The Labute approximate surface area is 146 Å². The van der Waals surface area contributed by atoms with Crippen LogP contribution < -0.4 is 5.32 Å². The summed E-state index contributed by atoms with van der Waals surface area (Å²) in [5.74, 6) is 0.723. The summed E-state index contributed by atoms with van der Waals surface area (Å²) < 4.78 is 1.94. The Kier molecular flexibility index (Phi) is 4.20. The van der Waals surface area contributed by atoms with Crippen molar-refractivity contribution in [3.8, 4) is 16.8 Å². The maximum atomic E-state index is 4.18. The number of anilines is 1. The van der Waals surface area contributed by atoms with Crippen LogP contribution in [0, 0.1) is 0 Å². The van der Waals surface area contributed by atoms with Gasteiger partial charge in [-0.3, -0.25) is 9.55 Å². The zero-order chi connectivity index (χ0) is 16.9. The van der Waals surface area contributed by atoms with E-state index in [1.807, 2.05) is 59.4 Å². The highest BCUT2D eigenvalue weighted by molar-refractivity contribution is 5.63. The lowest BCUT2D eigenvalue weighted by atomic mass is 10.0. The lowest BCUT2D eigenvalue weighted by Gasteiger charge is -2.10. The van der Waals surface area contributed by atoms with Crippen molar-refractivity contribution in [2.75, 3.05) is 5.32 Å². The van der Waals surface area contributed by atoms with Crippen LogP contribution in [0.15, 0.2) is 85.5 Å². The first-order valence-electron chi connectivity index (χ1n) is 8.09. The number of pyridine rings is 1. The fourth-order valence-electron chi connectivity index (χ4n) is 2.72. The largest absolute Gasteiger partial charge is 0.350 e. The first kappa shape index (κ1) is 15.1. The summed E-state index contributed by atoms with van der Waals surface area (Å²) in [7, 11) is 0. The summed E-state index contributed by atoms with van der Waals surface area (Å²) in [5, 5.41) is 11.6. The van der Waals surface area contributed by atoms with E-state index in [1.165, 1.54) is 11.1 Å². The number of nitrogens with one attached hydrogen (secondary N) is 1. The molecule has 0 aliphatic heterocycles. The van der Waals surface area contributed by atoms with E-state index in [9.17, 15) is 0 Å². The Morgan fingerprint density at radius 2 is 1.68 bits per heavy atom. The van der Waals surface area contributed by atoms with Gasteiger partial charge in [0.1, 0.15) is 6.33 Å². The lowest BCUT2D eigenvalue weighted by molar-refractivity contribution is 1.00. The van der Waals surface area contributed by atoms with Crippen molar-refractivity contribution < 1.29 is 0 Å². The molecule has 0 spiro atoms. The molecule has 4 rings (SSSR count). The number of hydrogen-bond acceptors (Lipinski definition) is 4. The fraction of sp³-hybridized carbons (Fsp3) is 0.0500. The highest BCUT2D eigenvalue weighted by Crippen LogP contribution is 2.20. The second-order valence-corrected chi connectivity index (χ2v) is 5.65. The second kappa shape index (κ2) is 6.97. The molecule has 0 atom stereocenters. The molecule has 5 nitrogen and oxygen atoms in total. The molecule has 2 heterocycles. The van der Waals surface area contributed by atoms with Crippen LogP contribution in [0.4, 0.5) is 5.95 Å². The molecule has 0 saturated heterocycles. The topological polar surface area (TPSA) is 55.6 Å². The SMILES string of the molecule is c1ccc(-n2cnnc2NCc2cccc(-c3ccncc3)c2)cc1. The molecule has 0 bridgehead atoms. The summed E-state index contributed by atoms with van der Waals surface area (Å²) in [5.41, 5.74) is 4.54. The predicted octanol–water partition coefficient (Wildman–Crippen LogP) is 3.94. The molecule has 0 aliphatic carbocycles. The van der Waals surface area contributed by atoms with Crippen molar-refractivity contribution in [3.63, 3.8) is 0 Å². The summed E-state index contributed by atoms with van der Waals surface area (Å²) in [4.78, 5) is 4.07. The number of aromatic nitrogens is 4. The maximum absolute atomic E-state index is 4.18. The molecule has 5 heteroatoms. The van der Waals surface area contributed by atoms with Gasteiger partial charge in [0.15, 0.2) is 0 Å². The molecule has 2 aromatic carbocycles. The van der Waals surface area contributed by atoms with Crippen LogP contribution in [-0.4, -0.2) is 19.7 Å². The van der Waals surface area contributed by atoms with Crippen molar-refractivity contribution in [2.45, 2.75) is 6.54 Å². The van der Waals surface area contributed by atoms with Crippen LogP contribution in [0.3, 0.4) is 0 Å². The van der Waals surface area contributed by atoms with Crippen LogP contribution >= 0.6 is 0 Å². The van der Waals surface area contributed by atoms with E-state index in [1.54, 1.807) is 6.33 Å². The standard InChI is InChI=1S/C20H17N5/c1-2-7-19(8-3-1)25-15-23-24-20(25)22-14-16-5-4-6-18(13-16)17-9-11-21-12-10-17/h1-13,15H,14H2,(H,22,24). The molecule has 2 aromatic heterocycles. The number of hydrogen-bond donors (Lipinski definition) is 1. The van der Waals surface area contributed by atoms with Crippen LogP contribution in [0.5, 0.6) is 0 Å². The highest BCUT2D eigenvalue weighted by Gasteiger charge is 2.06. The van der Waals surface area contributed by atoms with Crippen LogP contribution in [0.2, 0.25) is 0 Å². The van der Waals surface area contributed by atoms with Crippen molar-refractivity contribution >= 4 is 5.95 Å². The number of benzene rings is 2. The van der Waals surface area contributed by atoms with Gasteiger partial charge in [0.25, 0.3) is 0 Å². The Morgan fingerprint density at radius 1 is 0.840 bits per heavy atom. The minimum absolute atomic E-state index is 0.671. The third kappa shape index (κ3) is 3.40. The third-order valence-electron chi connectivity index (χ3n) is 3.97. The molecule has 4 aromatic rings. The van der Waals surface area contributed by atoms with Gasteiger partial charge in [-0.15, -0.1) is 10.2 Å². The maximum Gasteiger partial charge on any atom is 0.229 e. The fourth-order valence-corrected chi connectivity index (χ4v) is 2.72. The zero-order valence-corrected chi connectivity index (χ0v) is 13.6. The molecule has 25 heavy (non-hydrogen) atoms. The quantitative estimate of drug-likeness (QED) is 0.603. The van der Waals surface area contributed by atoms with Crippen LogP contribution in [0.1, 0.15) is 5.56 Å². The van der Waals surface area contributed by atoms with E-state index >= 15 is 0 Å². The molecular formula is C20H17N5. The highest BCUT2D eigenvalue weighted by atomic mass is 15.3. The minimum Gasteiger partial charge on any atom is -0.350 e. The molecule has 1 N–H and O–H groups in total. The van der Waals surface area contributed by atoms with Crippen LogP contribution in [0.25, 0.3) is 16.8 Å². The van der Waals surface area contributed by atoms with Gasteiger partial charge in [0.2, 0.25) is 5.95 Å². The van der Waals surface area contributed by atoms with E-state index < -0.39 is 0 Å². The van der Waals surface area contributed by atoms with Gasteiger partial charge in [-0.2, -0.15) is 0 Å². The first-order valence-corrected chi connectivity index (χ1v) is 8.09. The van der Waals surface area contributed by atoms with Crippen LogP contribution in [-0.2, 0) is 6.54 Å². The van der Waals surface area contributed by atoms with E-state index in [0.29, 0.717) is 6.54 Å². The second-order valence-electron chi connectivity index (χ2n) is 5.65. The number of nitrogens with zero attached hydrogens (tertiary/aromatic N) is 4. The Morgan fingerprint density at radius 3 is 2.52 bits per heavy atom. The first-order chi connectivity index (χ1) is 12.4. The smallest absolute Gasteiger partial charge is 0.229 e. The van der Waals surface area contributed by atoms with Gasteiger partial charge in [0, 0.05) is 18.9 Å². The summed E-state index contributed by atoms with van der Waals surface area (Å²) >= 11 is 0. The third-order valence-corrected chi connectivity index (χ3v) is 3.97. The molecule has 0 fully saturated rings. The molecule has 0 amide bonds. The van der Waals surface area contributed by atoms with Gasteiger partial charge in [-0.05, 0) is 47.0 Å². The number of para-hydroxylation sites is 1. The van der Waals surface area contributed by atoms with Gasteiger partial charge in [-0.1, -0.05) is 36.4 Å². The Hall–Kier alpha value is -3.47. The molecule has 0 unspecified atom stereocenters. The van der Waals surface area contributed by atoms with Gasteiger partial charge < -0.3 is 5.32 Å². The van der Waals surface area contributed by atoms with Gasteiger partial charge in [0.05, 0.1) is 5.69 Å². The molecule has 0 aliphatic rings.